The summed E-state index contributed by atoms with van der Waals surface area (Å²) in [7, 11) is 1.61. The molecule has 0 radical (unpaired) electrons. The Morgan fingerprint density at radius 2 is 1.74 bits per heavy atom. The molecule has 6 heteroatoms. The van der Waals surface area contributed by atoms with Crippen molar-refractivity contribution in [3.8, 4) is 5.75 Å². The Morgan fingerprint density at radius 3 is 2.33 bits per heavy atom. The van der Waals surface area contributed by atoms with Gasteiger partial charge in [-0.25, -0.2) is 0 Å². The summed E-state index contributed by atoms with van der Waals surface area (Å²) in [5.41, 5.74) is 1.86. The first kappa shape index (κ1) is 20.7. The largest absolute Gasteiger partial charge is 0.497 e. The van der Waals surface area contributed by atoms with Crippen LogP contribution >= 0.6 is 0 Å². The van der Waals surface area contributed by atoms with Gasteiger partial charge in [0.05, 0.1) is 26.4 Å². The van der Waals surface area contributed by atoms with E-state index in [0.717, 1.165) is 16.9 Å². The summed E-state index contributed by atoms with van der Waals surface area (Å²) in [6, 6.07) is 17.2. The van der Waals surface area contributed by atoms with E-state index in [1.54, 1.807) is 7.11 Å². The van der Waals surface area contributed by atoms with Gasteiger partial charge in [0, 0.05) is 19.0 Å². The molecule has 0 aromatic heterocycles. The first-order valence-electron chi connectivity index (χ1n) is 9.17. The van der Waals surface area contributed by atoms with Crippen LogP contribution in [-0.2, 0) is 0 Å². The lowest BCUT2D eigenvalue weighted by Gasteiger charge is -2.17. The molecule has 0 spiro atoms. The molecule has 2 rings (SSSR count). The summed E-state index contributed by atoms with van der Waals surface area (Å²) in [5, 5.41) is 26.4. The van der Waals surface area contributed by atoms with Gasteiger partial charge in [-0.2, -0.15) is 0 Å². The van der Waals surface area contributed by atoms with Gasteiger partial charge in [-0.1, -0.05) is 42.5 Å². The Hall–Kier alpha value is -2.57. The Bertz CT molecular complexity index is 690. The van der Waals surface area contributed by atoms with Crippen LogP contribution in [0.3, 0.4) is 0 Å². The number of aliphatic hydroxyl groups excluding tert-OH is 2. The van der Waals surface area contributed by atoms with Crippen LogP contribution in [0.25, 0.3) is 0 Å². The monoisotopic (exact) mass is 371 g/mol. The molecule has 0 aliphatic rings. The lowest BCUT2D eigenvalue weighted by molar-refractivity contribution is 0.180. The maximum atomic E-state index is 10.4. The minimum absolute atomic E-state index is 0.0292. The Kier molecular flexibility index (Phi) is 8.61. The highest BCUT2D eigenvalue weighted by Gasteiger charge is 2.11. The highest BCUT2D eigenvalue weighted by molar-refractivity contribution is 5.79. The molecule has 0 bridgehead atoms. The van der Waals surface area contributed by atoms with Gasteiger partial charge in [0.2, 0.25) is 0 Å². The summed E-state index contributed by atoms with van der Waals surface area (Å²) in [6.07, 6.45) is -0.664. The van der Waals surface area contributed by atoms with Gasteiger partial charge in [-0.05, 0) is 30.2 Å². The number of nitrogens with one attached hydrogen (secondary N) is 2. The van der Waals surface area contributed by atoms with Crippen molar-refractivity contribution in [2.45, 2.75) is 18.9 Å². The number of nitrogens with zero attached hydrogens (tertiary/aromatic N) is 1. The zero-order chi connectivity index (χ0) is 19.5. The summed E-state index contributed by atoms with van der Waals surface area (Å²) >= 11 is 0. The van der Waals surface area contributed by atoms with Gasteiger partial charge >= 0.3 is 0 Å². The molecule has 2 aromatic carbocycles. The molecule has 0 fully saturated rings. The standard InChI is InChI=1S/C21H29N3O3/c1-3-22-21(23-13-18(15-25)16-7-5-4-6-8-16)24-14-20(26)17-9-11-19(27-2)12-10-17/h4-12,18,20,25-26H,3,13-15H2,1-2H3,(H2,22,23,24). The predicted octanol–water partition coefficient (Wildman–Crippen LogP) is 2.06. The number of rotatable bonds is 9. The third kappa shape index (κ3) is 6.58. The van der Waals surface area contributed by atoms with Gasteiger partial charge in [0.25, 0.3) is 0 Å². The molecule has 146 valence electrons. The van der Waals surface area contributed by atoms with Crippen molar-refractivity contribution in [2.24, 2.45) is 4.99 Å². The van der Waals surface area contributed by atoms with Crippen LogP contribution in [0.5, 0.6) is 5.75 Å². The molecule has 0 heterocycles. The third-order valence-corrected chi connectivity index (χ3v) is 4.27. The van der Waals surface area contributed by atoms with Gasteiger partial charge in [0.15, 0.2) is 5.96 Å². The van der Waals surface area contributed by atoms with Crippen LogP contribution < -0.4 is 15.4 Å². The van der Waals surface area contributed by atoms with Crippen LogP contribution in [-0.4, -0.2) is 49.5 Å². The number of aliphatic hydroxyl groups is 2. The van der Waals surface area contributed by atoms with Gasteiger partial charge in [-0.3, -0.25) is 4.99 Å². The van der Waals surface area contributed by atoms with Crippen molar-refractivity contribution >= 4 is 5.96 Å². The summed E-state index contributed by atoms with van der Waals surface area (Å²) in [5.74, 6) is 1.30. The predicted molar refractivity (Wildman–Crippen MR) is 108 cm³/mol. The molecule has 2 aromatic rings. The van der Waals surface area contributed by atoms with Crippen molar-refractivity contribution < 1.29 is 14.9 Å². The smallest absolute Gasteiger partial charge is 0.191 e. The topological polar surface area (TPSA) is 86.1 Å². The Labute approximate surface area is 160 Å². The van der Waals surface area contributed by atoms with E-state index in [4.69, 9.17) is 4.74 Å². The average Bonchev–Trinajstić information content (AvgIpc) is 2.73. The molecule has 27 heavy (non-hydrogen) atoms. The molecule has 0 aliphatic heterocycles. The van der Waals surface area contributed by atoms with Crippen molar-refractivity contribution in [1.82, 2.24) is 10.6 Å². The number of ether oxygens (including phenoxy) is 1. The van der Waals surface area contributed by atoms with Crippen molar-refractivity contribution in [1.29, 1.82) is 0 Å². The van der Waals surface area contributed by atoms with E-state index in [1.807, 2.05) is 61.5 Å². The first-order valence-corrected chi connectivity index (χ1v) is 9.17. The first-order chi connectivity index (χ1) is 13.2. The van der Waals surface area contributed by atoms with E-state index >= 15 is 0 Å². The second-order valence-electron chi connectivity index (χ2n) is 6.18. The molecule has 0 amide bonds. The van der Waals surface area contributed by atoms with E-state index in [-0.39, 0.29) is 12.5 Å². The number of benzene rings is 2. The normalized spacial score (nSPS) is 13.7. The van der Waals surface area contributed by atoms with Crippen molar-refractivity contribution in [2.75, 3.05) is 33.4 Å². The molecule has 0 aliphatic carbocycles. The zero-order valence-electron chi connectivity index (χ0n) is 15.9. The number of methoxy groups -OCH3 is 1. The Morgan fingerprint density at radius 1 is 1.04 bits per heavy atom. The van der Waals surface area contributed by atoms with Crippen LogP contribution in [0.1, 0.15) is 30.1 Å². The highest BCUT2D eigenvalue weighted by atomic mass is 16.5. The average molecular weight is 371 g/mol. The number of aliphatic imine (C=N–C) groups is 1. The molecular formula is C21H29N3O3. The van der Waals surface area contributed by atoms with Crippen LogP contribution in [0.2, 0.25) is 0 Å². The maximum absolute atomic E-state index is 10.4. The summed E-state index contributed by atoms with van der Waals surface area (Å²) in [6.45, 7) is 3.50. The number of guanidine groups is 1. The molecule has 2 unspecified atom stereocenters. The second-order valence-corrected chi connectivity index (χ2v) is 6.18. The van der Waals surface area contributed by atoms with E-state index in [1.165, 1.54) is 0 Å². The molecule has 0 saturated heterocycles. The number of hydrogen-bond donors (Lipinski definition) is 4. The second kappa shape index (κ2) is 11.2. The fraction of sp³-hybridized carbons (Fsp3) is 0.381. The van der Waals surface area contributed by atoms with Crippen LogP contribution in [0.15, 0.2) is 59.6 Å². The molecular weight excluding hydrogens is 342 g/mol. The lowest BCUT2D eigenvalue weighted by Crippen LogP contribution is -2.39. The minimum atomic E-state index is -0.664. The van der Waals surface area contributed by atoms with Gasteiger partial charge in [-0.15, -0.1) is 0 Å². The van der Waals surface area contributed by atoms with Gasteiger partial charge in [0.1, 0.15) is 5.75 Å². The maximum Gasteiger partial charge on any atom is 0.191 e. The molecule has 6 nitrogen and oxygen atoms in total. The summed E-state index contributed by atoms with van der Waals surface area (Å²) < 4.78 is 5.13. The lowest BCUT2D eigenvalue weighted by atomic mass is 10.0. The Balaban J connectivity index is 1.95. The van der Waals surface area contributed by atoms with Crippen LogP contribution in [0.4, 0.5) is 0 Å². The fourth-order valence-corrected chi connectivity index (χ4v) is 2.67. The SMILES string of the molecule is CCNC(=NCC(CO)c1ccccc1)NCC(O)c1ccc(OC)cc1. The van der Waals surface area contributed by atoms with Crippen molar-refractivity contribution in [3.05, 3.63) is 65.7 Å². The van der Waals surface area contributed by atoms with Gasteiger partial charge < -0.3 is 25.6 Å². The molecule has 2 atom stereocenters. The molecule has 4 N–H and O–H groups in total. The van der Waals surface area contributed by atoms with E-state index < -0.39 is 6.10 Å². The van der Waals surface area contributed by atoms with Crippen LogP contribution in [0, 0.1) is 0 Å². The van der Waals surface area contributed by atoms with E-state index in [0.29, 0.717) is 25.6 Å². The summed E-state index contributed by atoms with van der Waals surface area (Å²) in [4.78, 5) is 4.56. The van der Waals surface area contributed by atoms with E-state index in [9.17, 15) is 10.2 Å². The van der Waals surface area contributed by atoms with Crippen molar-refractivity contribution in [3.63, 3.8) is 0 Å². The highest BCUT2D eigenvalue weighted by Crippen LogP contribution is 2.17. The minimum Gasteiger partial charge on any atom is -0.497 e. The van der Waals surface area contributed by atoms with E-state index in [2.05, 4.69) is 15.6 Å². The quantitative estimate of drug-likeness (QED) is 0.400. The molecule has 0 saturated carbocycles. The number of hydrogen-bond acceptors (Lipinski definition) is 4. The zero-order valence-corrected chi connectivity index (χ0v) is 15.9. The fourth-order valence-electron chi connectivity index (χ4n) is 2.67. The third-order valence-electron chi connectivity index (χ3n) is 4.27.